The Hall–Kier alpha value is -2.84. The first-order valence-electron chi connectivity index (χ1n) is 7.83. The number of aromatic nitrogens is 2. The van der Waals surface area contributed by atoms with Crippen molar-refractivity contribution in [1.82, 2.24) is 20.8 Å². The maximum atomic E-state index is 12.2. The van der Waals surface area contributed by atoms with Crippen LogP contribution >= 0.6 is 23.4 Å². The third-order valence-corrected chi connectivity index (χ3v) is 4.81. The van der Waals surface area contributed by atoms with Gasteiger partial charge in [0.25, 0.3) is 5.91 Å². The molecule has 2 aromatic carbocycles. The van der Waals surface area contributed by atoms with Gasteiger partial charge in [-0.25, -0.2) is 9.97 Å². The van der Waals surface area contributed by atoms with Crippen molar-refractivity contribution in [3.05, 3.63) is 59.4 Å². The number of rotatable bonds is 5. The highest BCUT2D eigenvalue weighted by Gasteiger charge is 2.14. The number of methoxy groups -OCH3 is 1. The lowest BCUT2D eigenvalue weighted by Crippen LogP contribution is -2.42. The molecule has 2 amide bonds. The van der Waals surface area contributed by atoms with Crippen molar-refractivity contribution < 1.29 is 14.3 Å². The molecule has 0 fully saturated rings. The Labute approximate surface area is 164 Å². The van der Waals surface area contributed by atoms with Gasteiger partial charge in [0.15, 0.2) is 0 Å². The van der Waals surface area contributed by atoms with E-state index in [0.29, 0.717) is 15.8 Å². The summed E-state index contributed by atoms with van der Waals surface area (Å²) in [5, 5.41) is 1.95. The van der Waals surface area contributed by atoms with Crippen molar-refractivity contribution in [2.45, 2.75) is 5.03 Å². The molecule has 7 nitrogen and oxygen atoms in total. The summed E-state index contributed by atoms with van der Waals surface area (Å²) in [6, 6.07) is 12.2. The zero-order valence-electron chi connectivity index (χ0n) is 14.2. The fraction of sp³-hybridized carbons (Fsp3) is 0.111. The summed E-state index contributed by atoms with van der Waals surface area (Å²) in [6.45, 7) is 0. The fourth-order valence-corrected chi connectivity index (χ4v) is 3.28. The van der Waals surface area contributed by atoms with Crippen molar-refractivity contribution >= 4 is 46.1 Å². The maximum Gasteiger partial charge on any atom is 0.273 e. The number of hydrazine groups is 1. The van der Waals surface area contributed by atoms with Crippen molar-refractivity contribution in [3.8, 4) is 5.75 Å². The van der Waals surface area contributed by atoms with Gasteiger partial charge in [-0.15, -0.1) is 0 Å². The van der Waals surface area contributed by atoms with Gasteiger partial charge in [0, 0.05) is 10.4 Å². The largest absolute Gasteiger partial charge is 0.496 e. The van der Waals surface area contributed by atoms with E-state index in [-0.39, 0.29) is 17.2 Å². The van der Waals surface area contributed by atoms with Crippen LogP contribution in [-0.4, -0.2) is 34.6 Å². The Morgan fingerprint density at radius 2 is 1.96 bits per heavy atom. The highest BCUT2D eigenvalue weighted by Crippen LogP contribution is 2.24. The predicted octanol–water partition coefficient (Wildman–Crippen LogP) is 2.85. The molecule has 0 radical (unpaired) electrons. The normalized spacial score (nSPS) is 10.4. The van der Waals surface area contributed by atoms with Crippen LogP contribution in [0.3, 0.4) is 0 Å². The Morgan fingerprint density at radius 3 is 2.78 bits per heavy atom. The zero-order valence-corrected chi connectivity index (χ0v) is 15.8. The molecule has 0 aliphatic carbocycles. The number of carbonyl (C=O) groups excluding carboxylic acids is 2. The van der Waals surface area contributed by atoms with Crippen LogP contribution < -0.4 is 15.6 Å². The molecule has 9 heteroatoms. The van der Waals surface area contributed by atoms with E-state index in [1.807, 2.05) is 24.3 Å². The average Bonchev–Trinajstić information content (AvgIpc) is 2.70. The fourth-order valence-electron chi connectivity index (χ4n) is 2.32. The van der Waals surface area contributed by atoms with Gasteiger partial charge in [-0.1, -0.05) is 41.6 Å². The van der Waals surface area contributed by atoms with E-state index < -0.39 is 5.91 Å². The van der Waals surface area contributed by atoms with Crippen LogP contribution in [0.15, 0.2) is 53.8 Å². The highest BCUT2D eigenvalue weighted by molar-refractivity contribution is 8.00. The number of amides is 2. The Balaban J connectivity index is 1.58. The lowest BCUT2D eigenvalue weighted by atomic mass is 10.2. The van der Waals surface area contributed by atoms with Crippen LogP contribution in [0.25, 0.3) is 10.9 Å². The number of hydrogen-bond acceptors (Lipinski definition) is 6. The SMILES string of the molecule is COc1ccc(Cl)cc1C(=O)NNC(=O)CSc1ncnc2ccccc12. The van der Waals surface area contributed by atoms with Crippen LogP contribution in [-0.2, 0) is 4.79 Å². The predicted molar refractivity (Wildman–Crippen MR) is 104 cm³/mol. The Morgan fingerprint density at radius 1 is 1.15 bits per heavy atom. The molecular weight excluding hydrogens is 388 g/mol. The van der Waals surface area contributed by atoms with Crippen molar-refractivity contribution in [1.29, 1.82) is 0 Å². The van der Waals surface area contributed by atoms with E-state index >= 15 is 0 Å². The molecule has 0 unspecified atom stereocenters. The smallest absolute Gasteiger partial charge is 0.273 e. The third kappa shape index (κ3) is 4.66. The second kappa shape index (κ2) is 8.70. The number of para-hydroxylation sites is 1. The van der Waals surface area contributed by atoms with E-state index in [1.54, 1.807) is 12.1 Å². The molecular formula is C18H15ClN4O3S. The number of nitrogens with one attached hydrogen (secondary N) is 2. The van der Waals surface area contributed by atoms with Crippen LogP contribution in [0, 0.1) is 0 Å². The van der Waals surface area contributed by atoms with Gasteiger partial charge in [0.2, 0.25) is 5.91 Å². The summed E-state index contributed by atoms with van der Waals surface area (Å²) in [5.41, 5.74) is 5.74. The molecule has 0 aliphatic rings. The van der Waals surface area contributed by atoms with Gasteiger partial charge in [0.05, 0.1) is 23.9 Å². The number of nitrogens with zero attached hydrogens (tertiary/aromatic N) is 2. The number of ether oxygens (including phenoxy) is 1. The highest BCUT2D eigenvalue weighted by atomic mass is 35.5. The number of fused-ring (bicyclic) bond motifs is 1. The Bertz CT molecular complexity index is 994. The van der Waals surface area contributed by atoms with Crippen molar-refractivity contribution in [2.75, 3.05) is 12.9 Å². The van der Waals surface area contributed by atoms with Gasteiger partial charge >= 0.3 is 0 Å². The van der Waals surface area contributed by atoms with Gasteiger partial charge in [-0.3, -0.25) is 20.4 Å². The lowest BCUT2D eigenvalue weighted by molar-refractivity contribution is -0.119. The molecule has 0 spiro atoms. The molecule has 0 aliphatic heterocycles. The summed E-state index contributed by atoms with van der Waals surface area (Å²) >= 11 is 7.16. The molecule has 0 bridgehead atoms. The summed E-state index contributed by atoms with van der Waals surface area (Å²) in [4.78, 5) is 32.7. The monoisotopic (exact) mass is 402 g/mol. The zero-order chi connectivity index (χ0) is 19.2. The van der Waals surface area contributed by atoms with E-state index in [9.17, 15) is 9.59 Å². The molecule has 27 heavy (non-hydrogen) atoms. The van der Waals surface area contributed by atoms with Gasteiger partial charge in [0.1, 0.15) is 17.1 Å². The van der Waals surface area contributed by atoms with Crippen LogP contribution in [0.1, 0.15) is 10.4 Å². The lowest BCUT2D eigenvalue weighted by Gasteiger charge is -2.10. The van der Waals surface area contributed by atoms with E-state index in [1.165, 1.54) is 31.3 Å². The molecule has 1 heterocycles. The minimum absolute atomic E-state index is 0.0773. The number of carbonyl (C=O) groups is 2. The van der Waals surface area contributed by atoms with Crippen LogP contribution in [0.2, 0.25) is 5.02 Å². The molecule has 1 aromatic heterocycles. The molecule has 0 atom stereocenters. The summed E-state index contributed by atoms with van der Waals surface area (Å²) in [5.74, 6) is -0.473. The van der Waals surface area contributed by atoms with E-state index in [2.05, 4.69) is 20.8 Å². The number of thioether (sulfide) groups is 1. The molecule has 138 valence electrons. The van der Waals surface area contributed by atoms with Gasteiger partial charge < -0.3 is 4.74 Å². The van der Waals surface area contributed by atoms with E-state index in [4.69, 9.17) is 16.3 Å². The molecule has 3 aromatic rings. The Kier molecular flexibility index (Phi) is 6.10. The number of benzene rings is 2. The molecule has 0 saturated heterocycles. The summed E-state index contributed by atoms with van der Waals surface area (Å²) < 4.78 is 5.12. The molecule has 3 rings (SSSR count). The standard InChI is InChI=1S/C18H15ClN4O3S/c1-26-15-7-6-11(19)8-13(15)17(25)23-22-16(24)9-27-18-12-4-2-3-5-14(12)20-10-21-18/h2-8,10H,9H2,1H3,(H,22,24)(H,23,25). The topological polar surface area (TPSA) is 93.2 Å². The quantitative estimate of drug-likeness (QED) is 0.387. The second-order valence-corrected chi connectivity index (χ2v) is 6.73. The van der Waals surface area contributed by atoms with Gasteiger partial charge in [-0.2, -0.15) is 0 Å². The van der Waals surface area contributed by atoms with Gasteiger partial charge in [-0.05, 0) is 24.3 Å². The second-order valence-electron chi connectivity index (χ2n) is 5.33. The maximum absolute atomic E-state index is 12.2. The number of hydrogen-bond donors (Lipinski definition) is 2. The van der Waals surface area contributed by atoms with Crippen LogP contribution in [0.5, 0.6) is 5.75 Å². The first-order chi connectivity index (χ1) is 13.1. The average molecular weight is 403 g/mol. The minimum atomic E-state index is -0.528. The summed E-state index contributed by atoms with van der Waals surface area (Å²) in [6.07, 6.45) is 1.45. The molecule has 0 saturated carbocycles. The van der Waals surface area contributed by atoms with Crippen molar-refractivity contribution in [2.24, 2.45) is 0 Å². The van der Waals surface area contributed by atoms with E-state index in [0.717, 1.165) is 10.9 Å². The minimum Gasteiger partial charge on any atom is -0.496 e. The van der Waals surface area contributed by atoms with Crippen LogP contribution in [0.4, 0.5) is 0 Å². The summed E-state index contributed by atoms with van der Waals surface area (Å²) in [7, 11) is 1.45. The number of halogens is 1. The first-order valence-corrected chi connectivity index (χ1v) is 9.20. The first kappa shape index (κ1) is 18.9. The van der Waals surface area contributed by atoms with Crippen molar-refractivity contribution in [3.63, 3.8) is 0 Å². The third-order valence-electron chi connectivity index (χ3n) is 3.57. The molecule has 2 N–H and O–H groups in total.